The number of rotatable bonds is 15. The molecule has 0 radical (unpaired) electrons. The van der Waals surface area contributed by atoms with Crippen molar-refractivity contribution in [2.24, 2.45) is 0 Å². The van der Waals surface area contributed by atoms with Crippen LogP contribution in [0.15, 0.2) is 0 Å². The van der Waals surface area contributed by atoms with Crippen molar-refractivity contribution >= 4 is 0 Å². The molecule has 0 heterocycles. The molecule has 0 aromatic carbocycles. The molecule has 0 unspecified atom stereocenters. The van der Waals surface area contributed by atoms with Crippen LogP contribution in [0.2, 0.25) is 0 Å². The minimum Gasteiger partial charge on any atom is -0.394 e. The van der Waals surface area contributed by atoms with Crippen molar-refractivity contribution in [1.82, 2.24) is 0 Å². The third-order valence-electron chi connectivity index (χ3n) is 4.62. The van der Waals surface area contributed by atoms with E-state index in [4.69, 9.17) is 5.11 Å². The fourth-order valence-electron chi connectivity index (χ4n) is 2.94. The quantitative estimate of drug-likeness (QED) is 0.220. The van der Waals surface area contributed by atoms with Crippen LogP contribution in [0.25, 0.3) is 0 Å². The molecule has 0 bridgehead atoms. The van der Waals surface area contributed by atoms with Gasteiger partial charge in [-0.05, 0) is 12.8 Å². The number of hydrogen-bond donors (Lipinski definition) is 5. The van der Waals surface area contributed by atoms with Crippen LogP contribution >= 0.6 is 0 Å². The van der Waals surface area contributed by atoms with E-state index >= 15 is 0 Å². The molecule has 0 saturated heterocycles. The first-order valence-electron chi connectivity index (χ1n) is 9.40. The molecule has 146 valence electrons. The lowest BCUT2D eigenvalue weighted by molar-refractivity contribution is -0.894. The van der Waals surface area contributed by atoms with E-state index in [1.165, 1.54) is 38.5 Å². The van der Waals surface area contributed by atoms with Crippen LogP contribution < -0.4 is 0 Å². The zero-order chi connectivity index (χ0) is 18.6. The van der Waals surface area contributed by atoms with Crippen molar-refractivity contribution in [3.63, 3.8) is 0 Å². The summed E-state index contributed by atoms with van der Waals surface area (Å²) < 4.78 is 0.538. The Balaban J connectivity index is 3.98. The summed E-state index contributed by atoms with van der Waals surface area (Å²) in [6.45, 7) is 2.74. The SMILES string of the molecule is CCCCCCCCCC[N+](C)(C)C[C@@H](O)[C@@H](O)[C@H](O)[C@H](O)CO. The van der Waals surface area contributed by atoms with Crippen LogP contribution in [0.1, 0.15) is 58.3 Å². The molecule has 0 aliphatic rings. The summed E-state index contributed by atoms with van der Waals surface area (Å²) in [4.78, 5) is 0. The summed E-state index contributed by atoms with van der Waals surface area (Å²) in [6.07, 6.45) is 4.34. The lowest BCUT2D eigenvalue weighted by Gasteiger charge is -2.34. The van der Waals surface area contributed by atoms with E-state index in [2.05, 4.69) is 6.92 Å². The van der Waals surface area contributed by atoms with E-state index in [-0.39, 0.29) is 6.54 Å². The van der Waals surface area contributed by atoms with Crippen molar-refractivity contribution in [1.29, 1.82) is 0 Å². The van der Waals surface area contributed by atoms with Gasteiger partial charge in [0.2, 0.25) is 0 Å². The van der Waals surface area contributed by atoms with Gasteiger partial charge in [0.05, 0.1) is 27.2 Å². The number of aliphatic hydroxyl groups is 5. The summed E-state index contributed by atoms with van der Waals surface area (Å²) in [5, 5.41) is 47.8. The fraction of sp³-hybridized carbons (Fsp3) is 1.00. The normalized spacial score (nSPS) is 17.5. The van der Waals surface area contributed by atoms with E-state index in [9.17, 15) is 20.4 Å². The predicted octanol–water partition coefficient (Wildman–Crippen LogP) is 0.639. The van der Waals surface area contributed by atoms with E-state index in [1.807, 2.05) is 14.1 Å². The van der Waals surface area contributed by atoms with Gasteiger partial charge in [-0.1, -0.05) is 45.4 Å². The minimum absolute atomic E-state index is 0.285. The van der Waals surface area contributed by atoms with E-state index in [1.54, 1.807) is 0 Å². The Bertz CT molecular complexity index is 301. The Kier molecular flexibility index (Phi) is 12.9. The van der Waals surface area contributed by atoms with Gasteiger partial charge in [-0.25, -0.2) is 0 Å². The van der Waals surface area contributed by atoms with Crippen LogP contribution in [0.3, 0.4) is 0 Å². The Labute approximate surface area is 147 Å². The zero-order valence-electron chi connectivity index (χ0n) is 15.8. The first kappa shape index (κ1) is 23.8. The highest BCUT2D eigenvalue weighted by Gasteiger charge is 2.33. The Hall–Kier alpha value is -0.240. The van der Waals surface area contributed by atoms with Gasteiger partial charge in [-0.2, -0.15) is 0 Å². The smallest absolute Gasteiger partial charge is 0.131 e. The lowest BCUT2D eigenvalue weighted by atomic mass is 10.0. The van der Waals surface area contributed by atoms with Gasteiger partial charge in [-0.3, -0.25) is 0 Å². The number of nitrogens with zero attached hydrogens (tertiary/aromatic N) is 1. The van der Waals surface area contributed by atoms with Gasteiger partial charge in [0.15, 0.2) is 0 Å². The van der Waals surface area contributed by atoms with E-state index < -0.39 is 31.0 Å². The van der Waals surface area contributed by atoms with E-state index in [0.717, 1.165) is 19.4 Å². The Morgan fingerprint density at radius 3 is 1.67 bits per heavy atom. The van der Waals surface area contributed by atoms with Crippen molar-refractivity contribution in [3.05, 3.63) is 0 Å². The molecule has 24 heavy (non-hydrogen) atoms. The van der Waals surface area contributed by atoms with Crippen LogP contribution in [-0.4, -0.2) is 88.2 Å². The summed E-state index contributed by atoms with van der Waals surface area (Å²) in [5.41, 5.74) is 0. The van der Waals surface area contributed by atoms with Crippen molar-refractivity contribution in [2.45, 2.75) is 82.7 Å². The molecule has 6 nitrogen and oxygen atoms in total. The molecule has 0 rings (SSSR count). The fourth-order valence-corrected chi connectivity index (χ4v) is 2.94. The highest BCUT2D eigenvalue weighted by Crippen LogP contribution is 2.13. The van der Waals surface area contributed by atoms with Crippen LogP contribution in [0.4, 0.5) is 0 Å². The van der Waals surface area contributed by atoms with Gasteiger partial charge < -0.3 is 30.0 Å². The molecule has 4 atom stereocenters. The average Bonchev–Trinajstić information content (AvgIpc) is 2.54. The summed E-state index contributed by atoms with van der Waals surface area (Å²) in [5.74, 6) is 0. The van der Waals surface area contributed by atoms with Crippen molar-refractivity contribution in [3.8, 4) is 0 Å². The number of quaternary nitrogens is 1. The van der Waals surface area contributed by atoms with Gasteiger partial charge in [0.25, 0.3) is 0 Å². The zero-order valence-corrected chi connectivity index (χ0v) is 15.8. The maximum Gasteiger partial charge on any atom is 0.131 e. The molecular weight excluding hydrogens is 310 g/mol. The summed E-state index contributed by atoms with van der Waals surface area (Å²) in [7, 11) is 3.96. The van der Waals surface area contributed by atoms with Gasteiger partial charge >= 0.3 is 0 Å². The average molecular weight is 351 g/mol. The molecule has 6 heteroatoms. The highest BCUT2D eigenvalue weighted by molar-refractivity contribution is 4.80. The Morgan fingerprint density at radius 1 is 0.708 bits per heavy atom. The van der Waals surface area contributed by atoms with Gasteiger partial charge in [0, 0.05) is 0 Å². The van der Waals surface area contributed by atoms with Gasteiger partial charge in [0.1, 0.15) is 31.0 Å². The second-order valence-corrected chi connectivity index (χ2v) is 7.62. The minimum atomic E-state index is -1.55. The molecule has 5 N–H and O–H groups in total. The molecule has 0 amide bonds. The van der Waals surface area contributed by atoms with Crippen molar-refractivity contribution < 1.29 is 30.0 Å². The summed E-state index contributed by atoms with van der Waals surface area (Å²) in [6, 6.07) is 0. The number of likely N-dealkylation sites (N-methyl/N-ethyl adjacent to an activating group) is 1. The molecule has 0 spiro atoms. The molecule has 0 aliphatic heterocycles. The standard InChI is InChI=1S/C18H40NO5/c1-4-5-6-7-8-9-10-11-12-19(2,3)13-15(21)17(23)18(24)16(22)14-20/h15-18,20-24H,4-14H2,1-3H3/q+1/t15-,16-,17-,18-/m1/s1. The summed E-state index contributed by atoms with van der Waals surface area (Å²) >= 11 is 0. The van der Waals surface area contributed by atoms with E-state index in [0.29, 0.717) is 4.48 Å². The molecule has 0 aromatic rings. The topological polar surface area (TPSA) is 101 Å². The highest BCUT2D eigenvalue weighted by atomic mass is 16.4. The van der Waals surface area contributed by atoms with Gasteiger partial charge in [-0.15, -0.1) is 0 Å². The number of unbranched alkanes of at least 4 members (excludes halogenated alkanes) is 7. The monoisotopic (exact) mass is 350 g/mol. The first-order valence-corrected chi connectivity index (χ1v) is 9.40. The van der Waals surface area contributed by atoms with Crippen LogP contribution in [0, 0.1) is 0 Å². The maximum absolute atomic E-state index is 10.1. The molecule has 0 saturated carbocycles. The first-order chi connectivity index (χ1) is 11.2. The molecule has 0 aromatic heterocycles. The second-order valence-electron chi connectivity index (χ2n) is 7.62. The van der Waals surface area contributed by atoms with Crippen LogP contribution in [-0.2, 0) is 0 Å². The molecule has 0 fully saturated rings. The molecular formula is C18H40NO5+. The predicted molar refractivity (Wildman–Crippen MR) is 95.6 cm³/mol. The third kappa shape index (κ3) is 10.6. The van der Waals surface area contributed by atoms with Crippen LogP contribution in [0.5, 0.6) is 0 Å². The Morgan fingerprint density at radius 2 is 1.17 bits per heavy atom. The third-order valence-corrected chi connectivity index (χ3v) is 4.62. The lowest BCUT2D eigenvalue weighted by Crippen LogP contribution is -2.54. The van der Waals surface area contributed by atoms with Crippen molar-refractivity contribution in [2.75, 3.05) is 33.8 Å². The number of hydrogen-bond acceptors (Lipinski definition) is 5. The second kappa shape index (κ2) is 13.0. The maximum atomic E-state index is 10.1. The largest absolute Gasteiger partial charge is 0.394 e. The molecule has 0 aliphatic carbocycles. The number of aliphatic hydroxyl groups excluding tert-OH is 5.